The third kappa shape index (κ3) is 2.55. The third-order valence-electron chi connectivity index (χ3n) is 2.21. The van der Waals surface area contributed by atoms with Crippen molar-refractivity contribution in [3.63, 3.8) is 0 Å². The molecule has 2 aromatic rings. The predicted octanol–water partition coefficient (Wildman–Crippen LogP) is 2.57. The largest absolute Gasteiger partial charge is 0.322 e. The molecule has 84 valence electrons. The number of halogens is 2. The maximum atomic E-state index is 13.0. The highest BCUT2D eigenvalue weighted by molar-refractivity contribution is 6.99. The molecule has 0 radical (unpaired) electrons. The summed E-state index contributed by atoms with van der Waals surface area (Å²) in [6.07, 6.45) is 2.06. The van der Waals surface area contributed by atoms with Crippen LogP contribution >= 0.6 is 23.3 Å². The molecule has 1 aromatic heterocycles. The molecule has 2 rings (SSSR count). The topological polar surface area (TPSA) is 51.8 Å². The maximum absolute atomic E-state index is 13.0. The lowest BCUT2D eigenvalue weighted by Gasteiger charge is -2.09. The minimum absolute atomic E-state index is 0.307. The highest BCUT2D eigenvalue weighted by Crippen LogP contribution is 2.22. The molecule has 0 saturated carbocycles. The van der Waals surface area contributed by atoms with Gasteiger partial charge in [-0.15, -0.1) is 0 Å². The van der Waals surface area contributed by atoms with E-state index in [0.717, 1.165) is 11.7 Å². The number of aromatic nitrogens is 2. The summed E-state index contributed by atoms with van der Waals surface area (Å²) in [4.78, 5) is 0. The van der Waals surface area contributed by atoms with Crippen molar-refractivity contribution in [3.05, 3.63) is 46.5 Å². The van der Waals surface area contributed by atoms with Gasteiger partial charge in [0.05, 0.1) is 29.7 Å². The summed E-state index contributed by atoms with van der Waals surface area (Å²) in [5, 5.41) is 0.514. The van der Waals surface area contributed by atoms with E-state index in [-0.39, 0.29) is 11.9 Å². The average molecular weight is 258 g/mol. The monoisotopic (exact) mass is 257 g/mol. The summed E-state index contributed by atoms with van der Waals surface area (Å²) in [6, 6.07) is 3.93. The van der Waals surface area contributed by atoms with Gasteiger partial charge in [0.15, 0.2) is 0 Å². The molecule has 1 unspecified atom stereocenters. The SMILES string of the molecule is NC(Cc1cc(F)ccc1Cl)c1cnsn1. The first-order valence-corrected chi connectivity index (χ1v) is 5.74. The first-order valence-electron chi connectivity index (χ1n) is 4.64. The Labute approximate surface area is 101 Å². The minimum Gasteiger partial charge on any atom is -0.322 e. The molecule has 0 fully saturated rings. The van der Waals surface area contributed by atoms with Gasteiger partial charge >= 0.3 is 0 Å². The van der Waals surface area contributed by atoms with Crippen molar-refractivity contribution >= 4 is 23.3 Å². The Bertz CT molecular complexity index is 475. The molecule has 0 bridgehead atoms. The maximum Gasteiger partial charge on any atom is 0.123 e. The fourth-order valence-corrected chi connectivity index (χ4v) is 2.05. The van der Waals surface area contributed by atoms with Crippen LogP contribution in [0.15, 0.2) is 24.4 Å². The number of nitrogens with two attached hydrogens (primary N) is 1. The molecule has 1 atom stereocenters. The van der Waals surface area contributed by atoms with E-state index in [2.05, 4.69) is 8.75 Å². The van der Waals surface area contributed by atoms with Crippen LogP contribution in [0, 0.1) is 5.82 Å². The van der Waals surface area contributed by atoms with Gasteiger partial charge in [-0.1, -0.05) is 11.6 Å². The molecule has 1 heterocycles. The highest BCUT2D eigenvalue weighted by atomic mass is 35.5. The van der Waals surface area contributed by atoms with Crippen LogP contribution in [0.3, 0.4) is 0 Å². The smallest absolute Gasteiger partial charge is 0.123 e. The Balaban J connectivity index is 2.17. The molecule has 1 aromatic carbocycles. The second-order valence-electron chi connectivity index (χ2n) is 3.38. The van der Waals surface area contributed by atoms with Crippen LogP contribution < -0.4 is 5.73 Å². The van der Waals surface area contributed by atoms with E-state index < -0.39 is 0 Å². The molecule has 2 N–H and O–H groups in total. The Hall–Kier alpha value is -1.04. The van der Waals surface area contributed by atoms with Gasteiger partial charge in [0.2, 0.25) is 0 Å². The summed E-state index contributed by atoms with van der Waals surface area (Å²) in [5.74, 6) is -0.317. The van der Waals surface area contributed by atoms with E-state index in [1.807, 2.05) is 0 Å². The summed E-state index contributed by atoms with van der Waals surface area (Å²) in [6.45, 7) is 0. The third-order valence-corrected chi connectivity index (χ3v) is 3.07. The summed E-state index contributed by atoms with van der Waals surface area (Å²) < 4.78 is 20.9. The minimum atomic E-state index is -0.317. The number of benzene rings is 1. The van der Waals surface area contributed by atoms with Gasteiger partial charge in [-0.2, -0.15) is 8.75 Å². The van der Waals surface area contributed by atoms with Crippen LogP contribution in [0.25, 0.3) is 0 Å². The zero-order valence-corrected chi connectivity index (χ0v) is 9.80. The molecular weight excluding hydrogens is 249 g/mol. The average Bonchev–Trinajstić information content (AvgIpc) is 2.76. The Morgan fingerprint density at radius 3 is 3.00 bits per heavy atom. The van der Waals surface area contributed by atoms with Crippen LogP contribution in [0.2, 0.25) is 5.02 Å². The first kappa shape index (κ1) is 11.4. The van der Waals surface area contributed by atoms with Gasteiger partial charge in [0.25, 0.3) is 0 Å². The van der Waals surface area contributed by atoms with Crippen molar-refractivity contribution in [2.24, 2.45) is 5.73 Å². The van der Waals surface area contributed by atoms with E-state index in [1.54, 1.807) is 6.20 Å². The van der Waals surface area contributed by atoms with Crippen molar-refractivity contribution in [1.29, 1.82) is 0 Å². The van der Waals surface area contributed by atoms with Crippen molar-refractivity contribution < 1.29 is 4.39 Å². The summed E-state index contributed by atoms with van der Waals surface area (Å²) in [5.41, 5.74) is 7.30. The second kappa shape index (κ2) is 4.86. The van der Waals surface area contributed by atoms with E-state index in [9.17, 15) is 4.39 Å². The molecule has 0 saturated heterocycles. The van der Waals surface area contributed by atoms with Gasteiger partial charge < -0.3 is 5.73 Å². The summed E-state index contributed by atoms with van der Waals surface area (Å²) >= 11 is 7.04. The molecule has 0 aliphatic heterocycles. The van der Waals surface area contributed by atoms with Crippen LogP contribution in [0.5, 0.6) is 0 Å². The fourth-order valence-electron chi connectivity index (χ4n) is 1.38. The Kier molecular flexibility index (Phi) is 3.48. The lowest BCUT2D eigenvalue weighted by Crippen LogP contribution is -2.14. The van der Waals surface area contributed by atoms with Crippen molar-refractivity contribution in [1.82, 2.24) is 8.75 Å². The summed E-state index contributed by atoms with van der Waals surface area (Å²) in [7, 11) is 0. The normalized spacial score (nSPS) is 12.7. The highest BCUT2D eigenvalue weighted by Gasteiger charge is 2.12. The van der Waals surface area contributed by atoms with E-state index in [4.69, 9.17) is 17.3 Å². The van der Waals surface area contributed by atoms with Crippen LogP contribution in [-0.2, 0) is 6.42 Å². The molecule has 0 amide bonds. The lowest BCUT2D eigenvalue weighted by atomic mass is 10.0. The number of hydrogen-bond acceptors (Lipinski definition) is 4. The standard InChI is InChI=1S/C10H9ClFN3S/c11-8-2-1-7(12)3-6(8)4-9(13)10-5-14-16-15-10/h1-3,5,9H,4,13H2. The molecule has 16 heavy (non-hydrogen) atoms. The van der Waals surface area contributed by atoms with E-state index in [1.165, 1.54) is 18.2 Å². The van der Waals surface area contributed by atoms with E-state index in [0.29, 0.717) is 22.7 Å². The van der Waals surface area contributed by atoms with Crippen LogP contribution in [0.1, 0.15) is 17.3 Å². The fraction of sp³-hybridized carbons (Fsp3) is 0.200. The van der Waals surface area contributed by atoms with Crippen molar-refractivity contribution in [3.8, 4) is 0 Å². The number of hydrogen-bond donors (Lipinski definition) is 1. The second-order valence-corrected chi connectivity index (χ2v) is 4.34. The lowest BCUT2D eigenvalue weighted by molar-refractivity contribution is 0.621. The molecule has 0 spiro atoms. The first-order chi connectivity index (χ1) is 7.66. The molecule has 3 nitrogen and oxygen atoms in total. The van der Waals surface area contributed by atoms with Gasteiger partial charge in [-0.25, -0.2) is 4.39 Å². The molecule has 0 aliphatic carbocycles. The van der Waals surface area contributed by atoms with Gasteiger partial charge in [-0.05, 0) is 30.2 Å². The Morgan fingerprint density at radius 2 is 2.31 bits per heavy atom. The quantitative estimate of drug-likeness (QED) is 0.920. The van der Waals surface area contributed by atoms with Crippen LogP contribution in [-0.4, -0.2) is 8.75 Å². The van der Waals surface area contributed by atoms with E-state index >= 15 is 0 Å². The van der Waals surface area contributed by atoms with Gasteiger partial charge in [0, 0.05) is 5.02 Å². The van der Waals surface area contributed by atoms with Gasteiger partial charge in [-0.3, -0.25) is 0 Å². The molecule has 0 aliphatic rings. The van der Waals surface area contributed by atoms with Gasteiger partial charge in [0.1, 0.15) is 5.82 Å². The zero-order valence-electron chi connectivity index (χ0n) is 8.23. The molecule has 6 heteroatoms. The van der Waals surface area contributed by atoms with Crippen LogP contribution in [0.4, 0.5) is 4.39 Å². The Morgan fingerprint density at radius 1 is 1.50 bits per heavy atom. The van der Waals surface area contributed by atoms with Crippen molar-refractivity contribution in [2.75, 3.05) is 0 Å². The molecular formula is C10H9ClFN3S. The zero-order chi connectivity index (χ0) is 11.5. The number of rotatable bonds is 3. The predicted molar refractivity (Wildman–Crippen MR) is 62.0 cm³/mol. The van der Waals surface area contributed by atoms with Crippen molar-refractivity contribution in [2.45, 2.75) is 12.5 Å². The number of nitrogens with zero attached hydrogens (tertiary/aromatic N) is 2.